The molecule has 0 aliphatic carbocycles. The topological polar surface area (TPSA) is 64.3 Å². The Morgan fingerprint density at radius 3 is 2.71 bits per heavy atom. The number of aliphatic hydroxyl groups excluding tert-OH is 1. The molecule has 88 valence electrons. The van der Waals surface area contributed by atoms with Crippen LogP contribution in [0.25, 0.3) is 0 Å². The average molecular weight is 230 g/mol. The summed E-state index contributed by atoms with van der Waals surface area (Å²) in [6, 6.07) is 8.66. The van der Waals surface area contributed by atoms with Gasteiger partial charge in [-0.3, -0.25) is 4.79 Å². The molecule has 1 N–H and O–H groups in total. The summed E-state index contributed by atoms with van der Waals surface area (Å²) in [7, 11) is 0. The number of carbonyl (C=O) groups is 1. The van der Waals surface area contributed by atoms with Crippen molar-refractivity contribution < 1.29 is 9.90 Å². The molecule has 1 aliphatic heterocycles. The number of hydrogen-bond acceptors (Lipinski definition) is 3. The largest absolute Gasteiger partial charge is 0.396 e. The Morgan fingerprint density at radius 2 is 2.18 bits per heavy atom. The molecule has 0 spiro atoms. The van der Waals surface area contributed by atoms with Crippen molar-refractivity contribution in [2.24, 2.45) is 5.92 Å². The molecule has 4 nitrogen and oxygen atoms in total. The second kappa shape index (κ2) is 4.98. The maximum Gasteiger partial charge on any atom is 0.253 e. The van der Waals surface area contributed by atoms with Crippen molar-refractivity contribution in [2.75, 3.05) is 19.7 Å². The van der Waals surface area contributed by atoms with Gasteiger partial charge in [-0.2, -0.15) is 5.26 Å². The maximum absolute atomic E-state index is 12.1. The van der Waals surface area contributed by atoms with Crippen LogP contribution in [0, 0.1) is 17.2 Å². The van der Waals surface area contributed by atoms with Gasteiger partial charge in [-0.05, 0) is 30.7 Å². The van der Waals surface area contributed by atoms with Crippen molar-refractivity contribution >= 4 is 5.91 Å². The van der Waals surface area contributed by atoms with Crippen LogP contribution in [0.3, 0.4) is 0 Å². The average Bonchev–Trinajstić information content (AvgIpc) is 2.87. The highest BCUT2D eigenvalue weighted by atomic mass is 16.3. The van der Waals surface area contributed by atoms with Crippen LogP contribution in [0.4, 0.5) is 0 Å². The Labute approximate surface area is 100 Å². The fourth-order valence-electron chi connectivity index (χ4n) is 2.04. The van der Waals surface area contributed by atoms with Crippen molar-refractivity contribution in [3.05, 3.63) is 35.4 Å². The highest BCUT2D eigenvalue weighted by Crippen LogP contribution is 2.18. The van der Waals surface area contributed by atoms with Gasteiger partial charge in [-0.25, -0.2) is 0 Å². The fraction of sp³-hybridized carbons (Fsp3) is 0.385. The van der Waals surface area contributed by atoms with E-state index in [-0.39, 0.29) is 18.4 Å². The minimum absolute atomic E-state index is 0.0227. The summed E-state index contributed by atoms with van der Waals surface area (Å²) >= 11 is 0. The van der Waals surface area contributed by atoms with Crippen LogP contribution in [-0.4, -0.2) is 35.6 Å². The molecule has 0 aromatic heterocycles. The monoisotopic (exact) mass is 230 g/mol. The van der Waals surface area contributed by atoms with Crippen LogP contribution < -0.4 is 0 Å². The van der Waals surface area contributed by atoms with Gasteiger partial charge in [0.05, 0.1) is 11.6 Å². The lowest BCUT2D eigenvalue weighted by molar-refractivity contribution is 0.0782. The van der Waals surface area contributed by atoms with E-state index < -0.39 is 0 Å². The maximum atomic E-state index is 12.1. The smallest absolute Gasteiger partial charge is 0.253 e. The van der Waals surface area contributed by atoms with E-state index in [0.717, 1.165) is 6.42 Å². The molecule has 0 radical (unpaired) electrons. The van der Waals surface area contributed by atoms with Gasteiger partial charge in [0, 0.05) is 31.2 Å². The molecule has 1 atom stereocenters. The lowest BCUT2D eigenvalue weighted by atomic mass is 10.1. The first-order chi connectivity index (χ1) is 8.24. The number of carbonyl (C=O) groups excluding carboxylic acids is 1. The Hall–Kier alpha value is -1.86. The third kappa shape index (κ3) is 2.45. The number of nitriles is 1. The standard InChI is InChI=1S/C13H14N2O2/c14-7-10-1-3-12(4-2-10)13(17)15-6-5-11(8-15)9-16/h1-4,11,16H,5-6,8-9H2/t11-/m1/s1. The van der Waals surface area contributed by atoms with Gasteiger partial charge in [0.1, 0.15) is 0 Å². The van der Waals surface area contributed by atoms with Crippen molar-refractivity contribution in [1.82, 2.24) is 4.90 Å². The van der Waals surface area contributed by atoms with Crippen molar-refractivity contribution in [1.29, 1.82) is 5.26 Å². The van der Waals surface area contributed by atoms with Crippen LogP contribution in [0.5, 0.6) is 0 Å². The molecule has 1 fully saturated rings. The number of likely N-dealkylation sites (tertiary alicyclic amines) is 1. The third-order valence-corrected chi connectivity index (χ3v) is 3.09. The van der Waals surface area contributed by atoms with Gasteiger partial charge in [0.15, 0.2) is 0 Å². The molecule has 2 rings (SSSR count). The molecule has 17 heavy (non-hydrogen) atoms. The van der Waals surface area contributed by atoms with E-state index in [4.69, 9.17) is 10.4 Å². The van der Waals surface area contributed by atoms with Crippen molar-refractivity contribution in [2.45, 2.75) is 6.42 Å². The highest BCUT2D eigenvalue weighted by Gasteiger charge is 2.26. The minimum atomic E-state index is -0.0227. The zero-order valence-corrected chi connectivity index (χ0v) is 9.47. The zero-order valence-electron chi connectivity index (χ0n) is 9.47. The van der Waals surface area contributed by atoms with Gasteiger partial charge < -0.3 is 10.0 Å². The van der Waals surface area contributed by atoms with Crippen molar-refractivity contribution in [3.63, 3.8) is 0 Å². The van der Waals surface area contributed by atoms with Gasteiger partial charge in [0.25, 0.3) is 5.91 Å². The molecule has 1 aromatic rings. The first-order valence-electron chi connectivity index (χ1n) is 5.65. The Kier molecular flexibility index (Phi) is 3.40. The van der Waals surface area contributed by atoms with Gasteiger partial charge in [-0.1, -0.05) is 0 Å². The summed E-state index contributed by atoms with van der Waals surface area (Å²) in [5, 5.41) is 17.7. The lowest BCUT2D eigenvalue weighted by Crippen LogP contribution is -2.29. The van der Waals surface area contributed by atoms with E-state index in [0.29, 0.717) is 24.2 Å². The summed E-state index contributed by atoms with van der Waals surface area (Å²) in [6.45, 7) is 1.45. The Balaban J connectivity index is 2.07. The van der Waals surface area contributed by atoms with Crippen LogP contribution in [0.15, 0.2) is 24.3 Å². The van der Waals surface area contributed by atoms with Crippen LogP contribution >= 0.6 is 0 Å². The Bertz CT molecular complexity index is 447. The van der Waals surface area contributed by atoms with E-state index in [9.17, 15) is 4.79 Å². The molecule has 0 saturated carbocycles. The van der Waals surface area contributed by atoms with E-state index >= 15 is 0 Å². The van der Waals surface area contributed by atoms with E-state index in [1.807, 2.05) is 6.07 Å². The van der Waals surface area contributed by atoms with E-state index in [1.54, 1.807) is 29.2 Å². The van der Waals surface area contributed by atoms with Gasteiger partial charge in [0.2, 0.25) is 0 Å². The fourth-order valence-corrected chi connectivity index (χ4v) is 2.04. The second-order valence-corrected chi connectivity index (χ2v) is 4.28. The molecule has 1 heterocycles. The number of nitrogens with zero attached hydrogens (tertiary/aromatic N) is 2. The number of benzene rings is 1. The first-order valence-corrected chi connectivity index (χ1v) is 5.65. The molecule has 0 bridgehead atoms. The minimum Gasteiger partial charge on any atom is -0.396 e. The number of hydrogen-bond donors (Lipinski definition) is 1. The summed E-state index contributed by atoms with van der Waals surface area (Å²) < 4.78 is 0. The molecule has 0 unspecified atom stereocenters. The van der Waals surface area contributed by atoms with Gasteiger partial charge >= 0.3 is 0 Å². The van der Waals surface area contributed by atoms with E-state index in [1.165, 1.54) is 0 Å². The predicted molar refractivity (Wildman–Crippen MR) is 62.3 cm³/mol. The molecule has 1 aromatic carbocycles. The molecule has 1 saturated heterocycles. The van der Waals surface area contributed by atoms with Gasteiger partial charge in [-0.15, -0.1) is 0 Å². The Morgan fingerprint density at radius 1 is 1.47 bits per heavy atom. The predicted octanol–water partition coefficient (Wildman–Crippen LogP) is 1.01. The van der Waals surface area contributed by atoms with Crippen LogP contribution in [0.2, 0.25) is 0 Å². The molecular weight excluding hydrogens is 216 g/mol. The zero-order chi connectivity index (χ0) is 12.3. The van der Waals surface area contributed by atoms with E-state index in [2.05, 4.69) is 0 Å². The molecule has 1 amide bonds. The second-order valence-electron chi connectivity index (χ2n) is 4.28. The van der Waals surface area contributed by atoms with Crippen molar-refractivity contribution in [3.8, 4) is 6.07 Å². The van der Waals surface area contributed by atoms with Crippen LogP contribution in [0.1, 0.15) is 22.3 Å². The molecule has 4 heteroatoms. The third-order valence-electron chi connectivity index (χ3n) is 3.09. The normalized spacial score (nSPS) is 19.1. The summed E-state index contributed by atoms with van der Waals surface area (Å²) in [4.78, 5) is 13.8. The molecular formula is C13H14N2O2. The van der Waals surface area contributed by atoms with Crippen LogP contribution in [-0.2, 0) is 0 Å². The summed E-state index contributed by atoms with van der Waals surface area (Å²) in [6.07, 6.45) is 0.860. The summed E-state index contributed by atoms with van der Waals surface area (Å²) in [5.41, 5.74) is 1.15. The number of rotatable bonds is 2. The quantitative estimate of drug-likeness (QED) is 0.824. The number of aliphatic hydroxyl groups is 1. The lowest BCUT2D eigenvalue weighted by Gasteiger charge is -2.16. The number of amides is 1. The first kappa shape index (κ1) is 11.6. The SMILES string of the molecule is N#Cc1ccc(C(=O)N2CC[C@@H](CO)C2)cc1. The molecule has 1 aliphatic rings. The highest BCUT2D eigenvalue weighted by molar-refractivity contribution is 5.94. The summed E-state index contributed by atoms with van der Waals surface area (Å²) in [5.74, 6) is 0.183.